The van der Waals surface area contributed by atoms with Gasteiger partial charge in [0.25, 0.3) is 5.78 Å². The van der Waals surface area contributed by atoms with E-state index < -0.39 is 23.7 Å². The number of benzene rings is 2. The summed E-state index contributed by atoms with van der Waals surface area (Å²) in [6, 6.07) is 16.6. The zero-order chi connectivity index (χ0) is 29.1. The number of amides is 1. The van der Waals surface area contributed by atoms with Crippen LogP contribution in [0.3, 0.4) is 0 Å². The van der Waals surface area contributed by atoms with Crippen molar-refractivity contribution in [2.75, 3.05) is 11.5 Å². The third kappa shape index (κ3) is 5.55. The molecule has 10 heteroatoms. The second-order valence-electron chi connectivity index (χ2n) is 9.28. The van der Waals surface area contributed by atoms with Crippen LogP contribution in [-0.2, 0) is 20.9 Å². The number of carbonyl (C=O) groups excluding carboxylic acids is 3. The highest BCUT2D eigenvalue weighted by Gasteiger charge is 2.49. The van der Waals surface area contributed by atoms with Crippen LogP contribution in [0.15, 0.2) is 89.6 Å². The van der Waals surface area contributed by atoms with E-state index in [0.29, 0.717) is 23.6 Å². The second-order valence-corrected chi connectivity index (χ2v) is 10.3. The van der Waals surface area contributed by atoms with Crippen molar-refractivity contribution in [1.82, 2.24) is 4.98 Å². The molecule has 3 heterocycles. The first-order chi connectivity index (χ1) is 19.8. The van der Waals surface area contributed by atoms with Crippen molar-refractivity contribution in [3.8, 4) is 5.75 Å². The summed E-state index contributed by atoms with van der Waals surface area (Å²) >= 11 is 0.909. The first-order valence-electron chi connectivity index (χ1n) is 12.7. The number of hydrogen-bond acceptors (Lipinski definition) is 9. The van der Waals surface area contributed by atoms with Gasteiger partial charge in [-0.2, -0.15) is 0 Å². The third-order valence-corrected chi connectivity index (χ3v) is 7.52. The Morgan fingerprint density at radius 2 is 1.93 bits per heavy atom. The van der Waals surface area contributed by atoms with Crippen molar-refractivity contribution in [3.63, 3.8) is 0 Å². The molecule has 2 aromatic heterocycles. The largest absolute Gasteiger partial charge is 0.507 e. The molecule has 2 aromatic carbocycles. The van der Waals surface area contributed by atoms with Crippen molar-refractivity contribution in [2.45, 2.75) is 26.5 Å². The number of furan rings is 1. The Bertz CT molecular complexity index is 1650. The van der Waals surface area contributed by atoms with Crippen LogP contribution < -0.4 is 9.64 Å². The summed E-state index contributed by atoms with van der Waals surface area (Å²) in [6.07, 6.45) is 2.84. The van der Waals surface area contributed by atoms with Crippen LogP contribution in [0, 0.1) is 13.8 Å². The predicted molar refractivity (Wildman–Crippen MR) is 153 cm³/mol. The molecule has 0 saturated carbocycles. The number of anilines is 1. The van der Waals surface area contributed by atoms with Crippen LogP contribution in [0.4, 0.5) is 5.13 Å². The molecule has 4 aromatic rings. The molecule has 5 rings (SSSR count). The third-order valence-electron chi connectivity index (χ3n) is 6.38. The average Bonchev–Trinajstić information content (AvgIpc) is 3.69. The minimum Gasteiger partial charge on any atom is -0.507 e. The number of ether oxygens (including phenoxy) is 2. The van der Waals surface area contributed by atoms with Crippen molar-refractivity contribution < 1.29 is 33.4 Å². The Balaban J connectivity index is 1.47. The van der Waals surface area contributed by atoms with E-state index in [9.17, 15) is 19.5 Å². The highest BCUT2D eigenvalue weighted by molar-refractivity contribution is 7.17. The second kappa shape index (κ2) is 11.6. The Morgan fingerprint density at radius 3 is 2.61 bits per heavy atom. The number of hydrogen-bond donors (Lipinski definition) is 1. The van der Waals surface area contributed by atoms with Gasteiger partial charge in [0.1, 0.15) is 41.4 Å². The Kier molecular flexibility index (Phi) is 7.84. The molecule has 208 valence electrons. The zero-order valence-electron chi connectivity index (χ0n) is 22.3. The molecule has 1 aliphatic rings. The van der Waals surface area contributed by atoms with Crippen LogP contribution in [0.25, 0.3) is 5.76 Å². The lowest BCUT2D eigenvalue weighted by Gasteiger charge is -2.20. The van der Waals surface area contributed by atoms with Gasteiger partial charge in [0, 0.05) is 5.56 Å². The molecular weight excluding hydrogens is 544 g/mol. The number of esters is 1. The van der Waals surface area contributed by atoms with Gasteiger partial charge in [-0.3, -0.25) is 14.5 Å². The lowest BCUT2D eigenvalue weighted by atomic mass is 9.99. The van der Waals surface area contributed by atoms with Crippen molar-refractivity contribution >= 4 is 39.9 Å². The van der Waals surface area contributed by atoms with E-state index in [1.165, 1.54) is 12.3 Å². The number of ketones is 1. The SMILES string of the molecule is C=CCOC(=O)c1sc(N2C(=O)C(=O)/C(=C(/O)c3ccc(OCc4cccc(C)c4)cc3)C2c2ccco2)nc1C. The van der Waals surface area contributed by atoms with Crippen LogP contribution in [-0.4, -0.2) is 34.4 Å². The lowest BCUT2D eigenvalue weighted by molar-refractivity contribution is -0.132. The number of rotatable bonds is 9. The summed E-state index contributed by atoms with van der Waals surface area (Å²) in [7, 11) is 0. The number of nitrogens with zero attached hydrogens (tertiary/aromatic N) is 2. The van der Waals surface area contributed by atoms with Gasteiger partial charge in [-0.05, 0) is 55.8 Å². The molecule has 0 radical (unpaired) electrons. The molecule has 1 aliphatic heterocycles. The quantitative estimate of drug-likeness (QED) is 0.0869. The molecule has 1 saturated heterocycles. The fraction of sp³-hybridized carbons (Fsp3) is 0.161. The summed E-state index contributed by atoms with van der Waals surface area (Å²) in [5, 5.41) is 11.4. The van der Waals surface area contributed by atoms with Gasteiger partial charge in [0.2, 0.25) is 0 Å². The Hall–Kier alpha value is -4.96. The fourth-order valence-electron chi connectivity index (χ4n) is 4.45. The molecular formula is C31H26N2O7S. The minimum atomic E-state index is -1.11. The molecule has 1 amide bonds. The molecule has 0 aliphatic carbocycles. The molecule has 1 unspecified atom stereocenters. The van der Waals surface area contributed by atoms with Gasteiger partial charge in [-0.15, -0.1) is 0 Å². The first-order valence-corrected chi connectivity index (χ1v) is 13.5. The Morgan fingerprint density at radius 1 is 1.15 bits per heavy atom. The van der Waals surface area contributed by atoms with Crippen molar-refractivity contribution in [2.24, 2.45) is 0 Å². The number of aliphatic hydroxyl groups is 1. The normalized spacial score (nSPS) is 16.1. The summed E-state index contributed by atoms with van der Waals surface area (Å²) in [5.74, 6) is -2.01. The van der Waals surface area contributed by atoms with Gasteiger partial charge in [0.05, 0.1) is 17.5 Å². The van der Waals surface area contributed by atoms with Gasteiger partial charge < -0.3 is 19.0 Å². The standard InChI is InChI=1S/C31H26N2O7S/c1-4-14-39-30(37)28-19(3)32-31(41-28)33-25(23-9-6-15-38-23)24(27(35)29(33)36)26(34)21-10-12-22(13-11-21)40-17-20-8-5-7-18(2)16-20/h4-13,15-16,25,34H,1,14,17H2,2-3H3/b26-24+. The van der Waals surface area contributed by atoms with Gasteiger partial charge in [-0.1, -0.05) is 53.8 Å². The Labute approximate surface area is 240 Å². The molecule has 9 nitrogen and oxygen atoms in total. The smallest absolute Gasteiger partial charge is 0.350 e. The van der Waals surface area contributed by atoms with E-state index in [2.05, 4.69) is 11.6 Å². The number of aliphatic hydroxyl groups excluding tert-OH is 1. The topological polar surface area (TPSA) is 119 Å². The fourth-order valence-corrected chi connectivity index (χ4v) is 5.44. The van der Waals surface area contributed by atoms with Gasteiger partial charge in [0.15, 0.2) is 5.13 Å². The molecule has 0 spiro atoms. The van der Waals surface area contributed by atoms with Crippen LogP contribution in [0.5, 0.6) is 5.75 Å². The molecule has 41 heavy (non-hydrogen) atoms. The van der Waals surface area contributed by atoms with Crippen LogP contribution in [0.1, 0.15) is 43.9 Å². The van der Waals surface area contributed by atoms with E-state index >= 15 is 0 Å². The highest BCUT2D eigenvalue weighted by Crippen LogP contribution is 2.44. The monoisotopic (exact) mass is 570 g/mol. The first kappa shape index (κ1) is 27.6. The number of carbonyl (C=O) groups is 3. The number of aryl methyl sites for hydroxylation is 2. The van der Waals surface area contributed by atoms with Crippen LogP contribution >= 0.6 is 11.3 Å². The lowest BCUT2D eigenvalue weighted by Crippen LogP contribution is -2.29. The van der Waals surface area contributed by atoms with E-state index in [4.69, 9.17) is 13.9 Å². The number of Topliss-reactive ketones (excluding diaryl/α,β-unsaturated/α-hetero) is 1. The van der Waals surface area contributed by atoms with E-state index in [0.717, 1.165) is 27.4 Å². The minimum absolute atomic E-state index is 0.0121. The number of thiazole rings is 1. The highest BCUT2D eigenvalue weighted by atomic mass is 32.1. The van der Waals surface area contributed by atoms with E-state index in [-0.39, 0.29) is 33.7 Å². The maximum absolute atomic E-state index is 13.3. The summed E-state index contributed by atoms with van der Waals surface area (Å²) in [6.45, 7) is 7.52. The zero-order valence-corrected chi connectivity index (χ0v) is 23.1. The van der Waals surface area contributed by atoms with Crippen LogP contribution in [0.2, 0.25) is 0 Å². The number of aromatic nitrogens is 1. The van der Waals surface area contributed by atoms with E-state index in [1.807, 2.05) is 31.2 Å². The molecule has 1 atom stereocenters. The van der Waals surface area contributed by atoms with Gasteiger partial charge in [-0.25, -0.2) is 9.78 Å². The van der Waals surface area contributed by atoms with E-state index in [1.54, 1.807) is 43.3 Å². The molecule has 1 N–H and O–H groups in total. The van der Waals surface area contributed by atoms with Gasteiger partial charge >= 0.3 is 11.9 Å². The molecule has 0 bridgehead atoms. The molecule has 1 fully saturated rings. The maximum atomic E-state index is 13.3. The van der Waals surface area contributed by atoms with Crippen molar-refractivity contribution in [1.29, 1.82) is 0 Å². The maximum Gasteiger partial charge on any atom is 0.350 e. The van der Waals surface area contributed by atoms with Crippen molar-refractivity contribution in [3.05, 3.63) is 118 Å². The summed E-state index contributed by atoms with van der Waals surface area (Å²) < 4.78 is 16.6. The predicted octanol–water partition coefficient (Wildman–Crippen LogP) is 5.90. The summed E-state index contributed by atoms with van der Waals surface area (Å²) in [4.78, 5) is 44.8. The average molecular weight is 571 g/mol. The summed E-state index contributed by atoms with van der Waals surface area (Å²) in [5.41, 5.74) is 2.63.